The summed E-state index contributed by atoms with van der Waals surface area (Å²) in [5.74, 6) is 0.00327. The van der Waals surface area contributed by atoms with E-state index in [1.807, 2.05) is 19.9 Å². The van der Waals surface area contributed by atoms with Crippen molar-refractivity contribution in [2.75, 3.05) is 31.2 Å². The van der Waals surface area contributed by atoms with Crippen LogP contribution in [0.5, 0.6) is 0 Å². The smallest absolute Gasteiger partial charge is 0.178 e. The van der Waals surface area contributed by atoms with Gasteiger partial charge in [0.2, 0.25) is 0 Å². The van der Waals surface area contributed by atoms with Gasteiger partial charge in [-0.3, -0.25) is 9.78 Å². The predicted molar refractivity (Wildman–Crippen MR) is 68.6 cm³/mol. The maximum atomic E-state index is 11.0. The molecule has 0 saturated carbocycles. The summed E-state index contributed by atoms with van der Waals surface area (Å²) in [6.07, 6.45) is 1.75. The third-order valence-electron chi connectivity index (χ3n) is 2.48. The molecule has 1 aromatic heterocycles. The van der Waals surface area contributed by atoms with Gasteiger partial charge in [-0.2, -0.15) is 0 Å². The molecular weight excluding hydrogens is 216 g/mol. The summed E-state index contributed by atoms with van der Waals surface area (Å²) in [7, 11) is 0. The number of carbonyl (C=O) groups excluding carboxylic acids is 1. The van der Waals surface area contributed by atoms with Gasteiger partial charge < -0.3 is 9.64 Å². The highest BCUT2D eigenvalue weighted by molar-refractivity contribution is 5.92. The average molecular weight is 236 g/mol. The fraction of sp³-hybridized carbons (Fsp3) is 0.538. The van der Waals surface area contributed by atoms with Crippen molar-refractivity contribution in [3.63, 3.8) is 0 Å². The fourth-order valence-electron chi connectivity index (χ4n) is 1.60. The first-order valence-corrected chi connectivity index (χ1v) is 6.07. The van der Waals surface area contributed by atoms with E-state index in [-0.39, 0.29) is 5.78 Å². The van der Waals surface area contributed by atoms with Crippen molar-refractivity contribution in [3.05, 3.63) is 24.0 Å². The molecule has 0 N–H and O–H groups in total. The van der Waals surface area contributed by atoms with E-state index in [4.69, 9.17) is 4.74 Å². The number of aromatic nitrogens is 1. The maximum Gasteiger partial charge on any atom is 0.178 e. The molecule has 94 valence electrons. The van der Waals surface area contributed by atoms with Gasteiger partial charge in [0.05, 0.1) is 25.1 Å². The predicted octanol–water partition coefficient (Wildman–Crippen LogP) is 2.15. The normalized spacial score (nSPS) is 14.9. The Balaban J connectivity index is 0.000000686. The first-order chi connectivity index (χ1) is 8.27. The molecule has 0 atom stereocenters. The Morgan fingerprint density at radius 2 is 1.94 bits per heavy atom. The van der Waals surface area contributed by atoms with Gasteiger partial charge in [0.1, 0.15) is 5.69 Å². The minimum Gasteiger partial charge on any atom is -0.378 e. The van der Waals surface area contributed by atoms with Crippen LogP contribution in [0.1, 0.15) is 31.3 Å². The highest BCUT2D eigenvalue weighted by Gasteiger charge is 2.11. The van der Waals surface area contributed by atoms with E-state index in [1.165, 1.54) is 6.92 Å². The van der Waals surface area contributed by atoms with Crippen LogP contribution in [0.3, 0.4) is 0 Å². The highest BCUT2D eigenvalue weighted by Crippen LogP contribution is 2.14. The van der Waals surface area contributed by atoms with Crippen molar-refractivity contribution >= 4 is 11.5 Å². The molecule has 1 aliphatic rings. The molecule has 0 amide bonds. The number of carbonyl (C=O) groups is 1. The lowest BCUT2D eigenvalue weighted by molar-refractivity contribution is 0.101. The second-order valence-corrected chi connectivity index (χ2v) is 3.56. The zero-order valence-corrected chi connectivity index (χ0v) is 10.8. The summed E-state index contributed by atoms with van der Waals surface area (Å²) in [4.78, 5) is 17.4. The number of anilines is 1. The van der Waals surface area contributed by atoms with Gasteiger partial charge in [-0.1, -0.05) is 13.8 Å². The number of nitrogens with zero attached hydrogens (tertiary/aromatic N) is 2. The van der Waals surface area contributed by atoms with Crippen LogP contribution in [0.2, 0.25) is 0 Å². The largest absolute Gasteiger partial charge is 0.378 e. The van der Waals surface area contributed by atoms with Gasteiger partial charge >= 0.3 is 0 Å². The van der Waals surface area contributed by atoms with Gasteiger partial charge in [0.25, 0.3) is 0 Å². The molecule has 0 spiro atoms. The Kier molecular flexibility index (Phi) is 5.63. The van der Waals surface area contributed by atoms with E-state index < -0.39 is 0 Å². The molecule has 2 rings (SSSR count). The van der Waals surface area contributed by atoms with Crippen molar-refractivity contribution in [2.45, 2.75) is 20.8 Å². The van der Waals surface area contributed by atoms with E-state index in [0.29, 0.717) is 5.69 Å². The minimum atomic E-state index is 0.00327. The first-order valence-electron chi connectivity index (χ1n) is 6.07. The molecule has 1 saturated heterocycles. The van der Waals surface area contributed by atoms with Crippen LogP contribution in [0.25, 0.3) is 0 Å². The molecule has 0 unspecified atom stereocenters. The Labute approximate surface area is 103 Å². The Morgan fingerprint density at radius 3 is 2.41 bits per heavy atom. The molecule has 1 aliphatic heterocycles. The third-order valence-corrected chi connectivity index (χ3v) is 2.48. The third kappa shape index (κ3) is 3.82. The van der Waals surface area contributed by atoms with Crippen molar-refractivity contribution in [1.29, 1.82) is 0 Å². The topological polar surface area (TPSA) is 42.4 Å². The molecular formula is C13H20N2O2. The van der Waals surface area contributed by atoms with Crippen LogP contribution in [-0.4, -0.2) is 37.1 Å². The summed E-state index contributed by atoms with van der Waals surface area (Å²) in [6, 6.07) is 3.71. The molecule has 0 aromatic carbocycles. The van der Waals surface area contributed by atoms with Gasteiger partial charge in [-0.15, -0.1) is 0 Å². The molecule has 1 aromatic rings. The lowest BCUT2D eigenvalue weighted by atomic mass is 10.2. The van der Waals surface area contributed by atoms with Crippen LogP contribution in [0, 0.1) is 0 Å². The summed E-state index contributed by atoms with van der Waals surface area (Å²) in [5, 5.41) is 0. The van der Waals surface area contributed by atoms with Crippen LogP contribution >= 0.6 is 0 Å². The van der Waals surface area contributed by atoms with Crippen LogP contribution < -0.4 is 4.90 Å². The van der Waals surface area contributed by atoms with Gasteiger partial charge in [0.15, 0.2) is 5.78 Å². The second-order valence-electron chi connectivity index (χ2n) is 3.56. The van der Waals surface area contributed by atoms with E-state index in [1.54, 1.807) is 12.3 Å². The minimum absolute atomic E-state index is 0.00327. The molecule has 4 nitrogen and oxygen atoms in total. The highest BCUT2D eigenvalue weighted by atomic mass is 16.5. The number of ether oxygens (including phenoxy) is 1. The monoisotopic (exact) mass is 236 g/mol. The standard InChI is InChI=1S/C11H14N2O2.C2H6/c1-9(14)11-3-2-10(8-12-11)13-4-6-15-7-5-13;1-2/h2-3,8H,4-7H2,1H3;1-2H3. The fourth-order valence-corrected chi connectivity index (χ4v) is 1.60. The molecule has 1 fully saturated rings. The molecule has 0 radical (unpaired) electrons. The van der Waals surface area contributed by atoms with Crippen molar-refractivity contribution in [3.8, 4) is 0 Å². The lowest BCUT2D eigenvalue weighted by Crippen LogP contribution is -2.36. The molecule has 0 aliphatic carbocycles. The molecule has 0 bridgehead atoms. The van der Waals surface area contributed by atoms with Crippen molar-refractivity contribution in [1.82, 2.24) is 4.98 Å². The number of morpholine rings is 1. The number of hydrogen-bond donors (Lipinski definition) is 0. The lowest BCUT2D eigenvalue weighted by Gasteiger charge is -2.28. The average Bonchev–Trinajstić information content (AvgIpc) is 2.42. The van der Waals surface area contributed by atoms with E-state index in [2.05, 4.69) is 9.88 Å². The summed E-state index contributed by atoms with van der Waals surface area (Å²) >= 11 is 0. The maximum absolute atomic E-state index is 11.0. The zero-order chi connectivity index (χ0) is 12.7. The van der Waals surface area contributed by atoms with Crippen molar-refractivity contribution < 1.29 is 9.53 Å². The number of hydrogen-bond acceptors (Lipinski definition) is 4. The SMILES string of the molecule is CC.CC(=O)c1ccc(N2CCOCC2)cn1. The summed E-state index contributed by atoms with van der Waals surface area (Å²) in [5.41, 5.74) is 1.58. The first kappa shape index (κ1) is 13.6. The Bertz CT molecular complexity index is 343. The molecule has 17 heavy (non-hydrogen) atoms. The van der Waals surface area contributed by atoms with E-state index in [9.17, 15) is 4.79 Å². The van der Waals surface area contributed by atoms with Crippen LogP contribution in [-0.2, 0) is 4.74 Å². The number of rotatable bonds is 2. The Morgan fingerprint density at radius 1 is 1.29 bits per heavy atom. The number of Topliss-reactive ketones (excluding diaryl/α,β-unsaturated/α-hetero) is 1. The van der Waals surface area contributed by atoms with Crippen LogP contribution in [0.4, 0.5) is 5.69 Å². The van der Waals surface area contributed by atoms with Gasteiger partial charge in [0, 0.05) is 20.0 Å². The summed E-state index contributed by atoms with van der Waals surface area (Å²) in [6.45, 7) is 8.82. The van der Waals surface area contributed by atoms with Gasteiger partial charge in [-0.25, -0.2) is 0 Å². The molecule has 2 heterocycles. The molecule has 4 heteroatoms. The number of ketones is 1. The second kappa shape index (κ2) is 7.01. The van der Waals surface area contributed by atoms with E-state index >= 15 is 0 Å². The number of pyridine rings is 1. The van der Waals surface area contributed by atoms with Crippen molar-refractivity contribution in [2.24, 2.45) is 0 Å². The Hall–Kier alpha value is -1.42. The zero-order valence-electron chi connectivity index (χ0n) is 10.8. The van der Waals surface area contributed by atoms with Crippen LogP contribution in [0.15, 0.2) is 18.3 Å². The van der Waals surface area contributed by atoms with Gasteiger partial charge in [-0.05, 0) is 12.1 Å². The quantitative estimate of drug-likeness (QED) is 0.738. The summed E-state index contributed by atoms with van der Waals surface area (Å²) < 4.78 is 5.27. The van der Waals surface area contributed by atoms with E-state index in [0.717, 1.165) is 32.0 Å².